The first-order chi connectivity index (χ1) is 11.9. The molecule has 7 heteroatoms. The molecule has 1 saturated carbocycles. The number of amides is 1. The zero-order chi connectivity index (χ0) is 17.8. The highest BCUT2D eigenvalue weighted by molar-refractivity contribution is 5.94. The van der Waals surface area contributed by atoms with Gasteiger partial charge in [0.05, 0.1) is 24.5 Å². The lowest BCUT2D eigenvalue weighted by Crippen LogP contribution is -2.46. The third-order valence-corrected chi connectivity index (χ3v) is 5.28. The van der Waals surface area contributed by atoms with Crippen molar-refractivity contribution in [3.05, 3.63) is 35.5 Å². The molecule has 2 heterocycles. The van der Waals surface area contributed by atoms with Crippen molar-refractivity contribution in [1.29, 1.82) is 0 Å². The number of aliphatic hydroxyl groups is 1. The van der Waals surface area contributed by atoms with Crippen molar-refractivity contribution >= 4 is 5.91 Å². The Bertz CT molecular complexity index is 809. The Labute approximate surface area is 146 Å². The summed E-state index contributed by atoms with van der Waals surface area (Å²) in [4.78, 5) is 21.3. The monoisotopic (exact) mass is 341 g/mol. The summed E-state index contributed by atoms with van der Waals surface area (Å²) < 4.78 is 1.78. The molecule has 2 aliphatic carbocycles. The lowest BCUT2D eigenvalue weighted by molar-refractivity contribution is 0.0841. The van der Waals surface area contributed by atoms with E-state index in [9.17, 15) is 9.90 Å². The summed E-state index contributed by atoms with van der Waals surface area (Å²) >= 11 is 0. The van der Waals surface area contributed by atoms with Crippen LogP contribution >= 0.6 is 0 Å². The summed E-state index contributed by atoms with van der Waals surface area (Å²) in [6.45, 7) is 5.87. The molecule has 4 rings (SSSR count). The van der Waals surface area contributed by atoms with Crippen molar-refractivity contribution in [1.82, 2.24) is 25.1 Å². The molecule has 2 aromatic heterocycles. The number of nitrogens with one attached hydrogen (secondary N) is 1. The van der Waals surface area contributed by atoms with Gasteiger partial charge in [-0.15, -0.1) is 0 Å². The molecule has 3 atom stereocenters. The molecule has 0 aliphatic heterocycles. The number of aromatic nitrogens is 4. The summed E-state index contributed by atoms with van der Waals surface area (Å²) in [6, 6.07) is -0.326. The van der Waals surface area contributed by atoms with Gasteiger partial charge in [0.2, 0.25) is 0 Å². The normalized spacial score (nSPS) is 22.2. The van der Waals surface area contributed by atoms with Crippen LogP contribution in [0, 0.1) is 11.3 Å². The SMILES string of the molecule is CC(C)(C)C(CO)NC(=O)c1nn(-c2cnccn2)c2c1C[C@@H]1C[C@H]21. The number of hydrogen-bond donors (Lipinski definition) is 2. The van der Waals surface area contributed by atoms with E-state index in [2.05, 4.69) is 20.4 Å². The third kappa shape index (κ3) is 2.72. The van der Waals surface area contributed by atoms with Crippen LogP contribution in [-0.4, -0.2) is 43.4 Å². The lowest BCUT2D eigenvalue weighted by Gasteiger charge is -2.29. The minimum Gasteiger partial charge on any atom is -0.394 e. The first-order valence-corrected chi connectivity index (χ1v) is 8.70. The van der Waals surface area contributed by atoms with Crippen LogP contribution < -0.4 is 5.32 Å². The number of nitrogens with zero attached hydrogens (tertiary/aromatic N) is 4. The molecule has 7 nitrogen and oxygen atoms in total. The minimum absolute atomic E-state index is 0.104. The maximum atomic E-state index is 12.9. The summed E-state index contributed by atoms with van der Waals surface area (Å²) in [5, 5.41) is 17.1. The number of rotatable bonds is 4. The number of fused-ring (bicyclic) bond motifs is 3. The van der Waals surface area contributed by atoms with Crippen molar-refractivity contribution < 1.29 is 9.90 Å². The van der Waals surface area contributed by atoms with Gasteiger partial charge in [0.1, 0.15) is 0 Å². The average molecular weight is 341 g/mol. The Morgan fingerprint density at radius 1 is 1.44 bits per heavy atom. The highest BCUT2D eigenvalue weighted by Crippen LogP contribution is 2.57. The molecule has 0 bridgehead atoms. The van der Waals surface area contributed by atoms with Crippen molar-refractivity contribution in [2.75, 3.05) is 6.61 Å². The summed E-state index contributed by atoms with van der Waals surface area (Å²) in [6.07, 6.45) is 6.96. The van der Waals surface area contributed by atoms with E-state index in [0.29, 0.717) is 23.3 Å². The Morgan fingerprint density at radius 3 is 2.88 bits per heavy atom. The quantitative estimate of drug-likeness (QED) is 0.878. The smallest absolute Gasteiger partial charge is 0.272 e. The van der Waals surface area contributed by atoms with E-state index in [1.165, 1.54) is 0 Å². The molecule has 1 fully saturated rings. The van der Waals surface area contributed by atoms with Gasteiger partial charge in [-0.2, -0.15) is 5.10 Å². The Kier molecular flexibility index (Phi) is 3.64. The van der Waals surface area contributed by atoms with Crippen molar-refractivity contribution in [2.24, 2.45) is 11.3 Å². The number of carbonyl (C=O) groups excluding carboxylic acids is 1. The van der Waals surface area contributed by atoms with Crippen LogP contribution in [0.3, 0.4) is 0 Å². The molecule has 2 aliphatic rings. The molecule has 2 aromatic rings. The maximum Gasteiger partial charge on any atom is 0.272 e. The van der Waals surface area contributed by atoms with E-state index >= 15 is 0 Å². The molecule has 0 aromatic carbocycles. The second kappa shape index (κ2) is 5.62. The topological polar surface area (TPSA) is 92.9 Å². The van der Waals surface area contributed by atoms with Gasteiger partial charge in [-0.05, 0) is 24.2 Å². The van der Waals surface area contributed by atoms with E-state index in [1.807, 2.05) is 20.8 Å². The largest absolute Gasteiger partial charge is 0.394 e. The van der Waals surface area contributed by atoms with E-state index in [4.69, 9.17) is 0 Å². The molecular formula is C18H23N5O2. The molecule has 0 saturated heterocycles. The third-order valence-electron chi connectivity index (χ3n) is 5.28. The van der Waals surface area contributed by atoms with E-state index in [-0.39, 0.29) is 24.0 Å². The van der Waals surface area contributed by atoms with Gasteiger partial charge in [0.15, 0.2) is 11.5 Å². The van der Waals surface area contributed by atoms with Crippen LogP contribution in [-0.2, 0) is 6.42 Å². The summed E-state index contributed by atoms with van der Waals surface area (Å²) in [5.74, 6) is 1.51. The number of carbonyl (C=O) groups is 1. The van der Waals surface area contributed by atoms with Crippen molar-refractivity contribution in [3.8, 4) is 5.82 Å². The molecule has 0 spiro atoms. The van der Waals surface area contributed by atoms with Crippen LogP contribution in [0.2, 0.25) is 0 Å². The fourth-order valence-corrected chi connectivity index (χ4v) is 3.64. The molecule has 132 valence electrons. The first kappa shape index (κ1) is 16.2. The average Bonchev–Trinajstić information content (AvgIpc) is 3.08. The van der Waals surface area contributed by atoms with Gasteiger partial charge in [-0.1, -0.05) is 20.8 Å². The first-order valence-electron chi connectivity index (χ1n) is 8.70. The highest BCUT2D eigenvalue weighted by Gasteiger charge is 2.50. The van der Waals surface area contributed by atoms with Crippen molar-refractivity contribution in [2.45, 2.75) is 45.6 Å². The zero-order valence-electron chi connectivity index (χ0n) is 14.7. The van der Waals surface area contributed by atoms with Crippen molar-refractivity contribution in [3.63, 3.8) is 0 Å². The van der Waals surface area contributed by atoms with E-state index in [1.54, 1.807) is 23.3 Å². The molecule has 25 heavy (non-hydrogen) atoms. The second-order valence-electron chi connectivity index (χ2n) is 8.07. The van der Waals surface area contributed by atoms with E-state index < -0.39 is 0 Å². The number of hydrogen-bond acceptors (Lipinski definition) is 5. The predicted molar refractivity (Wildman–Crippen MR) is 91.5 cm³/mol. The fourth-order valence-electron chi connectivity index (χ4n) is 3.64. The molecule has 1 amide bonds. The highest BCUT2D eigenvalue weighted by atomic mass is 16.3. The van der Waals surface area contributed by atoms with Crippen LogP contribution in [0.4, 0.5) is 0 Å². The summed E-state index contributed by atoms with van der Waals surface area (Å²) in [7, 11) is 0. The van der Waals surface area contributed by atoms with Crippen LogP contribution in [0.5, 0.6) is 0 Å². The molecular weight excluding hydrogens is 318 g/mol. The van der Waals surface area contributed by atoms with Gasteiger partial charge in [0, 0.05) is 23.9 Å². The second-order valence-corrected chi connectivity index (χ2v) is 8.07. The van der Waals surface area contributed by atoms with Gasteiger partial charge >= 0.3 is 0 Å². The Morgan fingerprint density at radius 2 is 2.24 bits per heavy atom. The maximum absolute atomic E-state index is 12.9. The fraction of sp³-hybridized carbons (Fsp3) is 0.556. The van der Waals surface area contributed by atoms with Gasteiger partial charge in [-0.25, -0.2) is 9.67 Å². The van der Waals surface area contributed by atoms with Gasteiger partial charge < -0.3 is 10.4 Å². The predicted octanol–water partition coefficient (Wildman–Crippen LogP) is 1.46. The minimum atomic E-state index is -0.326. The van der Waals surface area contributed by atoms with Crippen LogP contribution in [0.15, 0.2) is 18.6 Å². The van der Waals surface area contributed by atoms with Crippen LogP contribution in [0.1, 0.15) is 54.9 Å². The Hall–Kier alpha value is -2.28. The molecule has 0 radical (unpaired) electrons. The standard InChI is InChI=1S/C18H23N5O2/c1-18(2,3)13(9-24)21-17(25)15-12-7-10-6-11(10)16(12)23(22-15)14-8-19-4-5-20-14/h4-5,8,10-11,13,24H,6-7,9H2,1-3H3,(H,21,25)/t10-,11-,13?/m0/s1. The Balaban J connectivity index is 1.70. The van der Waals surface area contributed by atoms with Gasteiger partial charge in [-0.3, -0.25) is 9.78 Å². The number of aliphatic hydroxyl groups excluding tert-OH is 1. The molecule has 2 N–H and O–H groups in total. The van der Waals surface area contributed by atoms with Gasteiger partial charge in [0.25, 0.3) is 5.91 Å². The lowest BCUT2D eigenvalue weighted by atomic mass is 9.87. The zero-order valence-corrected chi connectivity index (χ0v) is 14.7. The van der Waals surface area contributed by atoms with Crippen LogP contribution in [0.25, 0.3) is 5.82 Å². The molecule has 1 unspecified atom stereocenters. The van der Waals surface area contributed by atoms with E-state index in [0.717, 1.165) is 24.1 Å². The summed E-state index contributed by atoms with van der Waals surface area (Å²) in [5.41, 5.74) is 2.35.